The molecule has 0 aliphatic rings. The van der Waals surface area contributed by atoms with Crippen LogP contribution in [-0.2, 0) is 13.3 Å². The maximum absolute atomic E-state index is 8.60. The summed E-state index contributed by atoms with van der Waals surface area (Å²) >= 11 is 0. The first-order valence-corrected chi connectivity index (χ1v) is 3.02. The predicted octanol–water partition coefficient (Wildman–Crippen LogP) is -0.255. The summed E-state index contributed by atoms with van der Waals surface area (Å²) < 4.78 is 3.71. The van der Waals surface area contributed by atoms with Gasteiger partial charge in [0.1, 0.15) is 12.4 Å². The highest BCUT2D eigenvalue weighted by Gasteiger charge is 1.96. The van der Waals surface area contributed by atoms with Crippen LogP contribution in [0.3, 0.4) is 0 Å². The molecule has 0 saturated carbocycles. The molecule has 0 bridgehead atoms. The van der Waals surface area contributed by atoms with Crippen LogP contribution in [-0.4, -0.2) is 9.67 Å². The summed E-state index contributed by atoms with van der Waals surface area (Å²) in [6, 6.07) is 0. The van der Waals surface area contributed by atoms with Crippen molar-refractivity contribution in [1.82, 2.24) is 4.57 Å². The third-order valence-corrected chi connectivity index (χ3v) is 1.27. The van der Waals surface area contributed by atoms with E-state index in [2.05, 4.69) is 6.92 Å². The van der Waals surface area contributed by atoms with Crippen LogP contribution in [0.15, 0.2) is 18.7 Å². The van der Waals surface area contributed by atoms with Gasteiger partial charge in [-0.3, -0.25) is 0 Å². The van der Waals surface area contributed by atoms with E-state index in [1.807, 2.05) is 23.3 Å². The molecular formula is C6H11N2O+. The van der Waals surface area contributed by atoms with Crippen LogP contribution >= 0.6 is 0 Å². The number of hydrogen-bond acceptors (Lipinski definition) is 1. The fraction of sp³-hybridized carbons (Fsp3) is 0.500. The van der Waals surface area contributed by atoms with Crippen molar-refractivity contribution in [2.75, 3.05) is 0 Å². The summed E-state index contributed by atoms with van der Waals surface area (Å²) in [6.07, 6.45) is 5.62. The third kappa shape index (κ3) is 1.29. The molecule has 9 heavy (non-hydrogen) atoms. The Morgan fingerprint density at radius 1 is 1.67 bits per heavy atom. The van der Waals surface area contributed by atoms with E-state index in [9.17, 15) is 0 Å². The molecule has 3 heteroatoms. The molecule has 0 aromatic carbocycles. The summed E-state index contributed by atoms with van der Waals surface area (Å²) in [7, 11) is 0. The van der Waals surface area contributed by atoms with Crippen molar-refractivity contribution in [2.45, 2.75) is 20.2 Å². The van der Waals surface area contributed by atoms with Crippen molar-refractivity contribution in [2.24, 2.45) is 0 Å². The van der Waals surface area contributed by atoms with Gasteiger partial charge in [0.2, 0.25) is 6.33 Å². The van der Waals surface area contributed by atoms with Crippen LogP contribution in [0.5, 0.6) is 0 Å². The zero-order valence-electron chi connectivity index (χ0n) is 5.49. The van der Waals surface area contributed by atoms with Gasteiger partial charge in [0.25, 0.3) is 0 Å². The Hall–Kier alpha value is -0.830. The van der Waals surface area contributed by atoms with E-state index < -0.39 is 0 Å². The van der Waals surface area contributed by atoms with E-state index in [0.717, 1.165) is 6.54 Å². The summed E-state index contributed by atoms with van der Waals surface area (Å²) in [5.74, 6) is 0. The summed E-state index contributed by atoms with van der Waals surface area (Å²) in [5, 5.41) is 8.60. The van der Waals surface area contributed by atoms with Crippen LogP contribution in [0.25, 0.3) is 0 Å². The van der Waals surface area contributed by atoms with Crippen LogP contribution in [0.1, 0.15) is 6.92 Å². The van der Waals surface area contributed by atoms with Gasteiger partial charge in [-0.15, -0.1) is 0 Å². The van der Waals surface area contributed by atoms with E-state index in [1.165, 1.54) is 0 Å². The van der Waals surface area contributed by atoms with Crippen molar-refractivity contribution in [3.05, 3.63) is 18.7 Å². The molecule has 0 aliphatic heterocycles. The molecule has 0 fully saturated rings. The minimum Gasteiger partial charge on any atom is -0.358 e. The standard InChI is InChI=1S/C6H11N2O/c1-2-7-3-4-8(5-7)6-9/h3-5,9H,2,6H2,1H3/q+1. The minimum atomic E-state index is 0.0625. The van der Waals surface area contributed by atoms with Gasteiger partial charge >= 0.3 is 0 Å². The zero-order valence-corrected chi connectivity index (χ0v) is 5.49. The molecule has 0 amide bonds. The number of hydrogen-bond donors (Lipinski definition) is 1. The quantitative estimate of drug-likeness (QED) is 0.545. The highest BCUT2D eigenvalue weighted by molar-refractivity contribution is 4.63. The number of aliphatic hydroxyl groups is 1. The first-order valence-electron chi connectivity index (χ1n) is 3.02. The van der Waals surface area contributed by atoms with Crippen molar-refractivity contribution < 1.29 is 9.67 Å². The molecule has 0 spiro atoms. The monoisotopic (exact) mass is 127 g/mol. The van der Waals surface area contributed by atoms with Gasteiger partial charge in [0, 0.05) is 0 Å². The second-order valence-corrected chi connectivity index (χ2v) is 1.90. The molecule has 1 aromatic heterocycles. The van der Waals surface area contributed by atoms with Gasteiger partial charge in [-0.25, -0.2) is 9.13 Å². The molecule has 50 valence electrons. The fourth-order valence-corrected chi connectivity index (χ4v) is 0.709. The lowest BCUT2D eigenvalue weighted by Crippen LogP contribution is -2.30. The number of aryl methyl sites for hydroxylation is 1. The third-order valence-electron chi connectivity index (χ3n) is 1.27. The molecule has 0 radical (unpaired) electrons. The van der Waals surface area contributed by atoms with E-state index in [4.69, 9.17) is 5.11 Å². The summed E-state index contributed by atoms with van der Waals surface area (Å²) in [4.78, 5) is 0. The Bertz CT molecular complexity index is 164. The van der Waals surface area contributed by atoms with Crippen LogP contribution in [0, 0.1) is 0 Å². The largest absolute Gasteiger partial charge is 0.358 e. The van der Waals surface area contributed by atoms with Crippen molar-refractivity contribution >= 4 is 0 Å². The zero-order chi connectivity index (χ0) is 6.69. The number of aliphatic hydroxyl groups excluding tert-OH is 1. The van der Waals surface area contributed by atoms with Crippen LogP contribution < -0.4 is 4.57 Å². The maximum atomic E-state index is 8.60. The first kappa shape index (κ1) is 6.29. The molecule has 1 aromatic rings. The molecule has 0 aliphatic carbocycles. The molecule has 0 unspecified atom stereocenters. The maximum Gasteiger partial charge on any atom is 0.245 e. The van der Waals surface area contributed by atoms with Crippen molar-refractivity contribution in [1.29, 1.82) is 0 Å². The molecule has 0 saturated heterocycles. The Morgan fingerprint density at radius 3 is 2.78 bits per heavy atom. The lowest BCUT2D eigenvalue weighted by Gasteiger charge is -1.84. The molecule has 1 N–H and O–H groups in total. The van der Waals surface area contributed by atoms with Crippen molar-refractivity contribution in [3.8, 4) is 0 Å². The Labute approximate surface area is 54.2 Å². The van der Waals surface area contributed by atoms with Gasteiger partial charge in [0.05, 0.1) is 6.54 Å². The summed E-state index contributed by atoms with van der Waals surface area (Å²) in [5.41, 5.74) is 0. The molecular weight excluding hydrogens is 116 g/mol. The fourth-order valence-electron chi connectivity index (χ4n) is 0.709. The van der Waals surface area contributed by atoms with Gasteiger partial charge in [0.15, 0.2) is 6.73 Å². The first-order chi connectivity index (χ1) is 4.36. The van der Waals surface area contributed by atoms with Gasteiger partial charge in [-0.2, -0.15) is 0 Å². The van der Waals surface area contributed by atoms with Gasteiger partial charge < -0.3 is 5.11 Å². The van der Waals surface area contributed by atoms with E-state index in [-0.39, 0.29) is 6.73 Å². The van der Waals surface area contributed by atoms with Crippen LogP contribution in [0.2, 0.25) is 0 Å². The normalized spacial score (nSPS) is 10.0. The Balaban J connectivity index is 2.74. The highest BCUT2D eigenvalue weighted by atomic mass is 16.3. The lowest BCUT2D eigenvalue weighted by atomic mass is 10.7. The SMILES string of the molecule is CCn1cc[n+](CO)c1. The second-order valence-electron chi connectivity index (χ2n) is 1.90. The Kier molecular flexibility index (Phi) is 1.85. The van der Waals surface area contributed by atoms with E-state index in [1.54, 1.807) is 4.57 Å². The van der Waals surface area contributed by atoms with Gasteiger partial charge in [-0.05, 0) is 6.92 Å². The van der Waals surface area contributed by atoms with E-state index >= 15 is 0 Å². The molecule has 1 heterocycles. The average molecular weight is 127 g/mol. The average Bonchev–Trinajstić information content (AvgIpc) is 2.34. The van der Waals surface area contributed by atoms with Crippen LogP contribution in [0.4, 0.5) is 0 Å². The molecule has 1 rings (SSSR count). The molecule has 0 atom stereocenters. The Morgan fingerprint density at radius 2 is 2.44 bits per heavy atom. The van der Waals surface area contributed by atoms with Crippen molar-refractivity contribution in [3.63, 3.8) is 0 Å². The second kappa shape index (κ2) is 2.64. The predicted molar refractivity (Wildman–Crippen MR) is 32.5 cm³/mol. The lowest BCUT2D eigenvalue weighted by molar-refractivity contribution is -0.729. The molecule has 3 nitrogen and oxygen atoms in total. The topological polar surface area (TPSA) is 29.0 Å². The van der Waals surface area contributed by atoms with Gasteiger partial charge in [-0.1, -0.05) is 0 Å². The summed E-state index contributed by atoms with van der Waals surface area (Å²) in [6.45, 7) is 3.07. The number of nitrogens with zero attached hydrogens (tertiary/aromatic N) is 2. The number of rotatable bonds is 2. The highest BCUT2D eigenvalue weighted by Crippen LogP contribution is 1.80. The van der Waals surface area contributed by atoms with E-state index in [0.29, 0.717) is 0 Å². The smallest absolute Gasteiger partial charge is 0.245 e. The number of imidazole rings is 1. The minimum absolute atomic E-state index is 0.0625. The number of aromatic nitrogens is 2.